The number of fused-ring (bicyclic) bond motifs is 1. The summed E-state index contributed by atoms with van der Waals surface area (Å²) in [6.07, 6.45) is -1.02. The lowest BCUT2D eigenvalue weighted by Gasteiger charge is -2.31. The molecule has 1 aliphatic rings. The Bertz CT molecular complexity index is 688. The van der Waals surface area contributed by atoms with Crippen molar-refractivity contribution >= 4 is 17.0 Å². The summed E-state index contributed by atoms with van der Waals surface area (Å²) in [6.45, 7) is 3.56. The number of ether oxygens (including phenoxy) is 2. The number of hydrogen-bond donors (Lipinski definition) is 3. The summed E-state index contributed by atoms with van der Waals surface area (Å²) < 4.78 is 12.7. The maximum atomic E-state index is 10.3. The first-order chi connectivity index (χ1) is 10.4. The molecule has 0 aromatic carbocycles. The molecule has 9 heteroatoms. The minimum Gasteiger partial charge on any atom is -0.387 e. The molecule has 0 unspecified atom stereocenters. The van der Waals surface area contributed by atoms with Gasteiger partial charge in [0.2, 0.25) is 0 Å². The third kappa shape index (κ3) is 2.13. The van der Waals surface area contributed by atoms with E-state index in [9.17, 15) is 10.2 Å². The van der Waals surface area contributed by atoms with Gasteiger partial charge in [-0.05, 0) is 13.8 Å². The average molecular weight is 309 g/mol. The molecule has 2 aromatic rings. The molecule has 0 saturated carbocycles. The van der Waals surface area contributed by atoms with Gasteiger partial charge >= 0.3 is 0 Å². The molecule has 4 N–H and O–H groups in total. The molecule has 0 radical (unpaired) electrons. The van der Waals surface area contributed by atoms with Crippen LogP contribution in [-0.4, -0.2) is 60.8 Å². The number of nitrogen functional groups attached to an aromatic ring is 1. The first kappa shape index (κ1) is 15.1. The molecule has 2 aromatic heterocycles. The van der Waals surface area contributed by atoms with Gasteiger partial charge in [-0.25, -0.2) is 15.0 Å². The van der Waals surface area contributed by atoms with E-state index in [1.807, 2.05) is 0 Å². The van der Waals surface area contributed by atoms with Gasteiger partial charge in [-0.2, -0.15) is 0 Å². The van der Waals surface area contributed by atoms with E-state index >= 15 is 0 Å². The monoisotopic (exact) mass is 309 g/mol. The van der Waals surface area contributed by atoms with E-state index in [0.29, 0.717) is 11.2 Å². The number of nitrogens with zero attached hydrogens (tertiary/aromatic N) is 4. The van der Waals surface area contributed by atoms with Crippen molar-refractivity contribution in [2.75, 3.05) is 12.8 Å². The van der Waals surface area contributed by atoms with Crippen LogP contribution in [0.2, 0.25) is 0 Å². The van der Waals surface area contributed by atoms with Gasteiger partial charge in [0.25, 0.3) is 0 Å². The third-order valence-corrected chi connectivity index (χ3v) is 4.11. The molecule has 1 aliphatic heterocycles. The van der Waals surface area contributed by atoms with Gasteiger partial charge in [0.15, 0.2) is 17.7 Å². The van der Waals surface area contributed by atoms with Crippen LogP contribution in [0.4, 0.5) is 5.82 Å². The van der Waals surface area contributed by atoms with Crippen LogP contribution in [0.3, 0.4) is 0 Å². The van der Waals surface area contributed by atoms with E-state index in [0.717, 1.165) is 0 Å². The average Bonchev–Trinajstić information content (AvgIpc) is 3.03. The predicted octanol–water partition coefficient (Wildman–Crippen LogP) is -0.547. The number of aliphatic hydroxyl groups excluding tert-OH is 2. The highest BCUT2D eigenvalue weighted by Gasteiger charge is 2.50. The lowest BCUT2D eigenvalue weighted by Crippen LogP contribution is -2.46. The Morgan fingerprint density at radius 1 is 1.27 bits per heavy atom. The number of aliphatic hydroxyl groups is 2. The quantitative estimate of drug-likeness (QED) is 0.689. The van der Waals surface area contributed by atoms with Crippen LogP contribution in [0.15, 0.2) is 12.7 Å². The highest BCUT2D eigenvalue weighted by atomic mass is 16.6. The first-order valence-electron chi connectivity index (χ1n) is 6.86. The smallest absolute Gasteiger partial charge is 0.167 e. The van der Waals surface area contributed by atoms with Gasteiger partial charge in [0.1, 0.15) is 30.2 Å². The van der Waals surface area contributed by atoms with E-state index in [4.69, 9.17) is 15.2 Å². The van der Waals surface area contributed by atoms with Gasteiger partial charge in [-0.1, -0.05) is 0 Å². The Morgan fingerprint density at radius 3 is 2.68 bits per heavy atom. The molecule has 9 nitrogen and oxygen atoms in total. The van der Waals surface area contributed by atoms with E-state index in [2.05, 4.69) is 15.0 Å². The Kier molecular flexibility index (Phi) is 3.52. The zero-order valence-electron chi connectivity index (χ0n) is 12.5. The molecular weight excluding hydrogens is 290 g/mol. The Balaban J connectivity index is 2.00. The molecule has 0 bridgehead atoms. The van der Waals surface area contributed by atoms with E-state index in [1.54, 1.807) is 13.8 Å². The van der Waals surface area contributed by atoms with Crippen molar-refractivity contribution in [1.29, 1.82) is 0 Å². The summed E-state index contributed by atoms with van der Waals surface area (Å²) in [4.78, 5) is 12.1. The number of methoxy groups -OCH3 is 1. The molecule has 1 saturated heterocycles. The second-order valence-corrected chi connectivity index (χ2v) is 5.82. The molecule has 0 aliphatic carbocycles. The normalized spacial score (nSPS) is 29.3. The van der Waals surface area contributed by atoms with Crippen LogP contribution in [0.5, 0.6) is 0 Å². The van der Waals surface area contributed by atoms with Gasteiger partial charge in [-0.3, -0.25) is 4.57 Å². The molecule has 0 amide bonds. The lowest BCUT2D eigenvalue weighted by atomic mass is 9.95. The van der Waals surface area contributed by atoms with Crippen molar-refractivity contribution < 1.29 is 19.7 Å². The lowest BCUT2D eigenvalue weighted by molar-refractivity contribution is -0.138. The fraction of sp³-hybridized carbons (Fsp3) is 0.615. The van der Waals surface area contributed by atoms with Crippen LogP contribution < -0.4 is 5.73 Å². The maximum absolute atomic E-state index is 10.3. The zero-order chi connectivity index (χ0) is 16.1. The largest absolute Gasteiger partial charge is 0.387 e. The highest BCUT2D eigenvalue weighted by molar-refractivity contribution is 5.81. The van der Waals surface area contributed by atoms with E-state index < -0.39 is 30.1 Å². The predicted molar refractivity (Wildman–Crippen MR) is 76.7 cm³/mol. The van der Waals surface area contributed by atoms with Crippen LogP contribution in [0.25, 0.3) is 11.2 Å². The van der Waals surface area contributed by atoms with Crippen molar-refractivity contribution in [3.63, 3.8) is 0 Å². The molecule has 0 spiro atoms. The van der Waals surface area contributed by atoms with Gasteiger partial charge < -0.3 is 25.4 Å². The Hall–Kier alpha value is -1.81. The molecule has 4 atom stereocenters. The maximum Gasteiger partial charge on any atom is 0.167 e. The standard InChI is InChI=1S/C13H19N5O4/c1-13(2,21-3)9-7(19)8(20)12(22-9)18-5-17-6-10(14)15-4-16-11(6)18/h4-5,7-9,12,19-20H,1-3H3,(H2,14,15,16)/t7-,8+,9-,12+/m0/s1. The second-order valence-electron chi connectivity index (χ2n) is 5.82. The van der Waals surface area contributed by atoms with Crippen LogP contribution in [-0.2, 0) is 9.47 Å². The molecule has 3 heterocycles. The van der Waals surface area contributed by atoms with Crippen LogP contribution >= 0.6 is 0 Å². The fourth-order valence-electron chi connectivity index (χ4n) is 2.64. The van der Waals surface area contributed by atoms with Crippen molar-refractivity contribution in [2.45, 2.75) is 44.0 Å². The van der Waals surface area contributed by atoms with Crippen molar-refractivity contribution in [1.82, 2.24) is 19.5 Å². The van der Waals surface area contributed by atoms with Crippen molar-refractivity contribution in [3.05, 3.63) is 12.7 Å². The minimum atomic E-state index is -1.15. The molecule has 3 rings (SSSR count). The summed E-state index contributed by atoms with van der Waals surface area (Å²) in [6, 6.07) is 0. The van der Waals surface area contributed by atoms with E-state index in [-0.39, 0.29) is 5.82 Å². The van der Waals surface area contributed by atoms with Gasteiger partial charge in [-0.15, -0.1) is 0 Å². The number of nitrogens with two attached hydrogens (primary N) is 1. The molecule has 22 heavy (non-hydrogen) atoms. The van der Waals surface area contributed by atoms with Crippen molar-refractivity contribution in [3.8, 4) is 0 Å². The molecule has 120 valence electrons. The fourth-order valence-corrected chi connectivity index (χ4v) is 2.64. The molecule has 1 fully saturated rings. The van der Waals surface area contributed by atoms with Crippen LogP contribution in [0.1, 0.15) is 20.1 Å². The number of aromatic nitrogens is 4. The highest BCUT2D eigenvalue weighted by Crippen LogP contribution is 2.37. The van der Waals surface area contributed by atoms with Crippen LogP contribution in [0, 0.1) is 0 Å². The number of anilines is 1. The summed E-state index contributed by atoms with van der Waals surface area (Å²) in [7, 11) is 1.52. The van der Waals surface area contributed by atoms with Crippen molar-refractivity contribution in [2.24, 2.45) is 0 Å². The number of rotatable bonds is 3. The Labute approximate surface area is 126 Å². The number of hydrogen-bond acceptors (Lipinski definition) is 8. The minimum absolute atomic E-state index is 0.241. The Morgan fingerprint density at radius 2 is 2.00 bits per heavy atom. The molecular formula is C13H19N5O4. The summed E-state index contributed by atoms with van der Waals surface area (Å²) in [5.74, 6) is 0.241. The van der Waals surface area contributed by atoms with E-state index in [1.165, 1.54) is 24.3 Å². The zero-order valence-corrected chi connectivity index (χ0v) is 12.5. The van der Waals surface area contributed by atoms with Gasteiger partial charge in [0, 0.05) is 7.11 Å². The first-order valence-corrected chi connectivity index (χ1v) is 6.86. The summed E-state index contributed by atoms with van der Waals surface area (Å²) in [5.41, 5.74) is 5.83. The second kappa shape index (κ2) is 5.13. The summed E-state index contributed by atoms with van der Waals surface area (Å²) >= 11 is 0. The third-order valence-electron chi connectivity index (χ3n) is 4.11. The number of imidazole rings is 1. The summed E-state index contributed by atoms with van der Waals surface area (Å²) in [5, 5.41) is 20.6. The van der Waals surface area contributed by atoms with Gasteiger partial charge in [0.05, 0.1) is 11.9 Å². The SMILES string of the molecule is COC(C)(C)[C@H]1O[C@@H](n2cnc3c(N)ncnc32)[C@H](O)[C@@H]1O. The topological polar surface area (TPSA) is 129 Å².